The molecule has 0 spiro atoms. The second-order valence-electron chi connectivity index (χ2n) is 7.19. The topological polar surface area (TPSA) is 84.5 Å². The number of anilines is 2. The predicted octanol–water partition coefficient (Wildman–Crippen LogP) is 5.27. The predicted molar refractivity (Wildman–Crippen MR) is 119 cm³/mol. The zero-order chi connectivity index (χ0) is 23.5. The molecule has 0 radical (unpaired) electrons. The van der Waals surface area contributed by atoms with Gasteiger partial charge in [0, 0.05) is 22.5 Å². The maximum absolute atomic E-state index is 12.7. The summed E-state index contributed by atoms with van der Waals surface area (Å²) in [4.78, 5) is 12.6. The number of amides is 1. The summed E-state index contributed by atoms with van der Waals surface area (Å²) in [5.41, 5.74) is 3.30. The monoisotopic (exact) mass is 460 g/mol. The number of carbonyl (C=O) groups is 1. The van der Waals surface area contributed by atoms with Gasteiger partial charge in [-0.15, -0.1) is 0 Å². The lowest BCUT2D eigenvalue weighted by atomic mass is 10.1. The van der Waals surface area contributed by atoms with Crippen LogP contribution >= 0.6 is 0 Å². The van der Waals surface area contributed by atoms with E-state index >= 15 is 0 Å². The Morgan fingerprint density at radius 2 is 1.62 bits per heavy atom. The first-order chi connectivity index (χ1) is 15.1. The molecule has 0 saturated heterocycles. The molecule has 0 bridgehead atoms. The van der Waals surface area contributed by atoms with Crippen LogP contribution in [0.3, 0.4) is 0 Å². The number of aryl methyl sites for hydroxylation is 2. The van der Waals surface area contributed by atoms with E-state index in [0.29, 0.717) is 16.9 Å². The summed E-state index contributed by atoms with van der Waals surface area (Å²) in [6, 6.07) is 15.0. The Labute approximate surface area is 185 Å². The molecular formula is C23H22F2N2O4S. The number of ether oxygens (including phenoxy) is 1. The number of rotatable bonds is 7. The molecule has 0 heterocycles. The van der Waals surface area contributed by atoms with Gasteiger partial charge in [-0.05, 0) is 80.4 Å². The van der Waals surface area contributed by atoms with Crippen LogP contribution in [0.4, 0.5) is 20.2 Å². The molecule has 0 atom stereocenters. The standard InChI is InChI=1S/C23H22F2N2O4S/c1-14-7-10-18(13-15(14)2)27-32(29,30)19-11-8-17(9-12-19)22(28)26-20-5-4-6-21(16(20)3)31-23(24)25/h4-13,23,27H,1-3H3,(H,26,28). The Bertz CT molecular complexity index is 1240. The molecule has 0 aliphatic carbocycles. The first kappa shape index (κ1) is 23.2. The van der Waals surface area contributed by atoms with Crippen molar-refractivity contribution in [1.29, 1.82) is 0 Å². The highest BCUT2D eigenvalue weighted by molar-refractivity contribution is 7.92. The first-order valence-electron chi connectivity index (χ1n) is 9.63. The lowest BCUT2D eigenvalue weighted by Crippen LogP contribution is -2.15. The lowest BCUT2D eigenvalue weighted by molar-refractivity contribution is -0.0502. The Morgan fingerprint density at radius 1 is 0.938 bits per heavy atom. The first-order valence-corrected chi connectivity index (χ1v) is 11.1. The van der Waals surface area contributed by atoms with Crippen LogP contribution in [-0.4, -0.2) is 20.9 Å². The average Bonchev–Trinajstić information content (AvgIpc) is 2.73. The van der Waals surface area contributed by atoms with Gasteiger partial charge in [0.25, 0.3) is 15.9 Å². The van der Waals surface area contributed by atoms with Crippen LogP contribution in [0.1, 0.15) is 27.0 Å². The third-order valence-corrected chi connectivity index (χ3v) is 6.33. The summed E-state index contributed by atoms with van der Waals surface area (Å²) >= 11 is 0. The normalized spacial score (nSPS) is 11.3. The molecule has 9 heteroatoms. The van der Waals surface area contributed by atoms with Gasteiger partial charge in [-0.1, -0.05) is 12.1 Å². The van der Waals surface area contributed by atoms with Gasteiger partial charge in [-0.25, -0.2) is 8.42 Å². The summed E-state index contributed by atoms with van der Waals surface area (Å²) < 4.78 is 57.3. The highest BCUT2D eigenvalue weighted by Gasteiger charge is 2.17. The number of hydrogen-bond acceptors (Lipinski definition) is 4. The molecule has 0 aliphatic heterocycles. The summed E-state index contributed by atoms with van der Waals surface area (Å²) in [5, 5.41) is 2.62. The van der Waals surface area contributed by atoms with Gasteiger partial charge in [0.1, 0.15) is 5.75 Å². The van der Waals surface area contributed by atoms with Crippen molar-refractivity contribution in [1.82, 2.24) is 0 Å². The summed E-state index contributed by atoms with van der Waals surface area (Å²) in [5.74, 6) is -0.565. The van der Waals surface area contributed by atoms with E-state index in [1.54, 1.807) is 25.1 Å². The average molecular weight is 461 g/mol. The molecule has 6 nitrogen and oxygen atoms in total. The maximum atomic E-state index is 12.7. The quantitative estimate of drug-likeness (QED) is 0.503. The number of carbonyl (C=O) groups excluding carboxylic acids is 1. The molecule has 168 valence electrons. The molecule has 0 fully saturated rings. The van der Waals surface area contributed by atoms with Crippen molar-refractivity contribution in [2.75, 3.05) is 10.0 Å². The number of nitrogens with one attached hydrogen (secondary N) is 2. The highest BCUT2D eigenvalue weighted by Crippen LogP contribution is 2.27. The van der Waals surface area contributed by atoms with Crippen LogP contribution in [0, 0.1) is 20.8 Å². The van der Waals surface area contributed by atoms with Crippen LogP contribution in [0.25, 0.3) is 0 Å². The minimum absolute atomic E-state index is 0.00390. The van der Waals surface area contributed by atoms with Crippen molar-refractivity contribution >= 4 is 27.3 Å². The second kappa shape index (κ2) is 9.35. The fourth-order valence-corrected chi connectivity index (χ4v) is 4.02. The fourth-order valence-electron chi connectivity index (χ4n) is 2.97. The van der Waals surface area contributed by atoms with Gasteiger partial charge in [0.15, 0.2) is 0 Å². The van der Waals surface area contributed by atoms with Gasteiger partial charge < -0.3 is 10.1 Å². The Morgan fingerprint density at radius 3 is 2.25 bits per heavy atom. The van der Waals surface area contributed by atoms with Crippen LogP contribution < -0.4 is 14.8 Å². The fraction of sp³-hybridized carbons (Fsp3) is 0.174. The number of sulfonamides is 1. The molecule has 0 unspecified atom stereocenters. The Kier molecular flexibility index (Phi) is 6.78. The molecule has 3 aromatic rings. The van der Waals surface area contributed by atoms with E-state index in [-0.39, 0.29) is 16.2 Å². The van der Waals surface area contributed by atoms with Gasteiger partial charge in [-0.2, -0.15) is 8.78 Å². The largest absolute Gasteiger partial charge is 0.434 e. The van der Waals surface area contributed by atoms with Crippen molar-refractivity contribution in [3.63, 3.8) is 0 Å². The number of halogens is 2. The molecule has 3 aromatic carbocycles. The van der Waals surface area contributed by atoms with Gasteiger partial charge in [0.2, 0.25) is 0 Å². The Hall–Kier alpha value is -3.46. The van der Waals surface area contributed by atoms with E-state index in [4.69, 9.17) is 0 Å². The number of hydrogen-bond donors (Lipinski definition) is 2. The van der Waals surface area contributed by atoms with Crippen molar-refractivity contribution in [3.8, 4) is 5.75 Å². The van der Waals surface area contributed by atoms with E-state index in [1.807, 2.05) is 19.9 Å². The van der Waals surface area contributed by atoms with Crippen LogP contribution in [0.2, 0.25) is 0 Å². The summed E-state index contributed by atoms with van der Waals surface area (Å²) in [6.07, 6.45) is 0. The van der Waals surface area contributed by atoms with Crippen LogP contribution in [-0.2, 0) is 10.0 Å². The van der Waals surface area contributed by atoms with Gasteiger partial charge >= 0.3 is 6.61 Å². The summed E-state index contributed by atoms with van der Waals surface area (Å²) in [7, 11) is -3.84. The molecule has 0 saturated carbocycles. The smallest absolute Gasteiger partial charge is 0.387 e. The molecule has 1 amide bonds. The molecule has 0 aliphatic rings. The molecule has 2 N–H and O–H groups in total. The summed E-state index contributed by atoms with van der Waals surface area (Å²) in [6.45, 7) is 2.38. The third kappa shape index (κ3) is 5.42. The van der Waals surface area contributed by atoms with E-state index < -0.39 is 22.5 Å². The van der Waals surface area contributed by atoms with Crippen LogP contribution in [0.5, 0.6) is 5.75 Å². The SMILES string of the molecule is Cc1ccc(NS(=O)(=O)c2ccc(C(=O)Nc3cccc(OC(F)F)c3C)cc2)cc1C. The zero-order valence-electron chi connectivity index (χ0n) is 17.6. The van der Waals surface area contributed by atoms with Crippen LogP contribution in [0.15, 0.2) is 65.6 Å². The number of alkyl halides is 2. The van der Waals surface area contributed by atoms with Gasteiger partial charge in [0.05, 0.1) is 4.90 Å². The van der Waals surface area contributed by atoms with Crippen molar-refractivity contribution < 1.29 is 26.7 Å². The Balaban J connectivity index is 1.75. The van der Waals surface area contributed by atoms with Gasteiger partial charge in [-0.3, -0.25) is 9.52 Å². The van der Waals surface area contributed by atoms with E-state index in [1.165, 1.54) is 36.4 Å². The maximum Gasteiger partial charge on any atom is 0.387 e. The van der Waals surface area contributed by atoms with E-state index in [0.717, 1.165) is 11.1 Å². The molecule has 32 heavy (non-hydrogen) atoms. The molecule has 3 rings (SSSR count). The van der Waals surface area contributed by atoms with Crippen molar-refractivity contribution in [2.24, 2.45) is 0 Å². The molecule has 0 aromatic heterocycles. The van der Waals surface area contributed by atoms with Crippen molar-refractivity contribution in [3.05, 3.63) is 82.9 Å². The van der Waals surface area contributed by atoms with Crippen molar-refractivity contribution in [2.45, 2.75) is 32.3 Å². The second-order valence-corrected chi connectivity index (χ2v) is 8.87. The highest BCUT2D eigenvalue weighted by atomic mass is 32.2. The minimum Gasteiger partial charge on any atom is -0.434 e. The zero-order valence-corrected chi connectivity index (χ0v) is 18.5. The van der Waals surface area contributed by atoms with E-state index in [9.17, 15) is 22.0 Å². The number of benzene rings is 3. The molecular weight excluding hydrogens is 438 g/mol. The lowest BCUT2D eigenvalue weighted by Gasteiger charge is -2.13. The third-order valence-electron chi connectivity index (χ3n) is 4.93. The van der Waals surface area contributed by atoms with E-state index in [2.05, 4.69) is 14.8 Å². The minimum atomic E-state index is -3.84.